The van der Waals surface area contributed by atoms with Gasteiger partial charge >= 0.3 is 10.4 Å². The van der Waals surface area contributed by atoms with Gasteiger partial charge in [0.25, 0.3) is 0 Å². The Hall–Kier alpha value is -2.73. The van der Waals surface area contributed by atoms with Gasteiger partial charge < -0.3 is 35.1 Å². The van der Waals surface area contributed by atoms with E-state index in [-0.39, 0.29) is 46.9 Å². The minimum Gasteiger partial charge on any atom is -0.507 e. The van der Waals surface area contributed by atoms with Gasteiger partial charge in [-0.05, 0) is 17.7 Å². The van der Waals surface area contributed by atoms with Gasteiger partial charge in [0.15, 0.2) is 17.2 Å². The molecular weight excluding hydrogens is 382 g/mol. The van der Waals surface area contributed by atoms with Crippen molar-refractivity contribution in [3.63, 3.8) is 0 Å². The molecule has 0 fully saturated rings. The van der Waals surface area contributed by atoms with Gasteiger partial charge in [0.2, 0.25) is 0 Å². The Balaban J connectivity index is 0.00000261. The quantitative estimate of drug-likeness (QED) is 0.471. The summed E-state index contributed by atoms with van der Waals surface area (Å²) >= 11 is 0. The van der Waals surface area contributed by atoms with Crippen molar-refractivity contribution in [1.29, 1.82) is 0 Å². The van der Waals surface area contributed by atoms with Crippen LogP contribution < -0.4 is 19.8 Å². The summed E-state index contributed by atoms with van der Waals surface area (Å²) in [7, 11) is -3.37. The molecule has 0 bridgehead atoms. The van der Waals surface area contributed by atoms with Crippen LogP contribution in [0.2, 0.25) is 0 Å². The second-order valence-corrected chi connectivity index (χ2v) is 6.69. The lowest BCUT2D eigenvalue weighted by Gasteiger charge is -2.31. The van der Waals surface area contributed by atoms with Crippen molar-refractivity contribution in [3.8, 4) is 28.7 Å². The van der Waals surface area contributed by atoms with Crippen molar-refractivity contribution in [1.82, 2.24) is 6.15 Å². The lowest BCUT2D eigenvalue weighted by atomic mass is 9.94. The molecule has 0 saturated carbocycles. The molecule has 10 nitrogen and oxygen atoms in total. The van der Waals surface area contributed by atoms with Gasteiger partial charge in [-0.1, -0.05) is 6.07 Å². The molecule has 0 spiro atoms. The third-order valence-electron chi connectivity index (χ3n) is 3.91. The number of phenols is 2. The number of hydrogen-bond donors (Lipinski definition) is 5. The van der Waals surface area contributed by atoms with Crippen LogP contribution in [0.1, 0.15) is 17.2 Å². The first-order valence-electron chi connectivity index (χ1n) is 7.42. The molecule has 0 saturated heterocycles. The fraction of sp³-hybridized carbons (Fsp3) is 0.250. The highest BCUT2D eigenvalue weighted by Gasteiger charge is 2.33. The van der Waals surface area contributed by atoms with Gasteiger partial charge in [-0.25, -0.2) is 0 Å². The van der Waals surface area contributed by atoms with Crippen LogP contribution in [0.3, 0.4) is 0 Å². The number of ether oxygens (including phenoxy) is 2. The second kappa shape index (κ2) is 7.48. The number of fused-ring (bicyclic) bond motifs is 1. The molecule has 0 aromatic heterocycles. The largest absolute Gasteiger partial charge is 0.507 e. The molecule has 2 aromatic carbocycles. The average Bonchev–Trinajstić information content (AvgIpc) is 2.53. The summed E-state index contributed by atoms with van der Waals surface area (Å²) in [5.74, 6) is -0.513. The molecule has 1 aliphatic rings. The van der Waals surface area contributed by atoms with E-state index in [0.717, 1.165) is 6.07 Å². The Morgan fingerprint density at radius 2 is 1.85 bits per heavy atom. The molecule has 2 aromatic rings. The second-order valence-electron chi connectivity index (χ2n) is 5.67. The molecule has 2 atom stereocenters. The first kappa shape index (κ1) is 20.6. The summed E-state index contributed by atoms with van der Waals surface area (Å²) in [5.41, 5.74) is 0.705. The number of methoxy groups -OCH3 is 1. The Kier molecular flexibility index (Phi) is 5.70. The Morgan fingerprint density at radius 1 is 1.15 bits per heavy atom. The molecule has 11 heteroatoms. The predicted octanol–water partition coefficient (Wildman–Crippen LogP) is 1.49. The fourth-order valence-corrected chi connectivity index (χ4v) is 3.13. The van der Waals surface area contributed by atoms with Crippen molar-refractivity contribution in [2.75, 3.05) is 7.11 Å². The molecule has 0 radical (unpaired) electrons. The van der Waals surface area contributed by atoms with Crippen LogP contribution in [0.25, 0.3) is 0 Å². The van der Waals surface area contributed by atoms with E-state index in [1.54, 1.807) is 6.07 Å². The summed E-state index contributed by atoms with van der Waals surface area (Å²) in [5, 5.41) is 30.3. The first-order valence-corrected chi connectivity index (χ1v) is 8.79. The van der Waals surface area contributed by atoms with Crippen LogP contribution in [0.5, 0.6) is 28.7 Å². The fourth-order valence-electron chi connectivity index (χ4n) is 2.79. The van der Waals surface area contributed by atoms with E-state index in [9.17, 15) is 23.7 Å². The highest BCUT2D eigenvalue weighted by Crippen LogP contribution is 2.43. The Morgan fingerprint density at radius 3 is 2.44 bits per heavy atom. The molecule has 7 N–H and O–H groups in total. The van der Waals surface area contributed by atoms with E-state index in [2.05, 4.69) is 4.18 Å². The van der Waals surface area contributed by atoms with Crippen LogP contribution in [0.4, 0.5) is 0 Å². The zero-order valence-electron chi connectivity index (χ0n) is 14.2. The molecule has 0 unspecified atom stereocenters. The van der Waals surface area contributed by atoms with E-state index in [1.165, 1.54) is 25.3 Å². The topological polar surface area (TPSA) is 178 Å². The van der Waals surface area contributed by atoms with Gasteiger partial charge in [0.1, 0.15) is 17.6 Å². The van der Waals surface area contributed by atoms with Gasteiger partial charge in [-0.3, -0.25) is 4.55 Å². The van der Waals surface area contributed by atoms with Crippen LogP contribution in [0, 0.1) is 0 Å². The number of aliphatic hydroxyl groups is 1. The number of aromatic hydroxyl groups is 2. The molecule has 0 aliphatic carbocycles. The molecule has 1 heterocycles. The van der Waals surface area contributed by atoms with Crippen LogP contribution >= 0.6 is 0 Å². The number of hydrogen-bond acceptors (Lipinski definition) is 9. The van der Waals surface area contributed by atoms with Crippen molar-refractivity contribution < 1.29 is 41.9 Å². The van der Waals surface area contributed by atoms with Gasteiger partial charge in [-0.15, -0.1) is 0 Å². The molecular formula is C16H19NO9S. The zero-order valence-corrected chi connectivity index (χ0v) is 15.0. The van der Waals surface area contributed by atoms with Crippen molar-refractivity contribution in [2.45, 2.75) is 18.6 Å². The summed E-state index contributed by atoms with van der Waals surface area (Å²) in [4.78, 5) is 0. The van der Waals surface area contributed by atoms with Crippen LogP contribution in [0.15, 0.2) is 30.3 Å². The van der Waals surface area contributed by atoms with Crippen molar-refractivity contribution in [2.24, 2.45) is 0 Å². The van der Waals surface area contributed by atoms with E-state index in [0.29, 0.717) is 5.56 Å². The predicted molar refractivity (Wildman–Crippen MR) is 93.0 cm³/mol. The summed E-state index contributed by atoms with van der Waals surface area (Å²) in [6, 6.07) is 6.63. The van der Waals surface area contributed by atoms with Crippen molar-refractivity contribution in [3.05, 3.63) is 41.5 Å². The number of rotatable bonds is 4. The molecule has 148 valence electrons. The SMILES string of the molecule is COc1ccc([C@H]2Oc3cc(OS(=O)(=O)O)cc(O)c3C[C@H]2O)cc1O.N. The summed E-state index contributed by atoms with van der Waals surface area (Å²) in [6.07, 6.45) is -1.90. The maximum absolute atomic E-state index is 10.8. The van der Waals surface area contributed by atoms with Crippen LogP contribution in [-0.4, -0.2) is 41.5 Å². The lowest BCUT2D eigenvalue weighted by Crippen LogP contribution is -2.30. The first-order chi connectivity index (χ1) is 12.2. The number of benzene rings is 2. The third kappa shape index (κ3) is 4.34. The highest BCUT2D eigenvalue weighted by molar-refractivity contribution is 7.81. The highest BCUT2D eigenvalue weighted by atomic mass is 32.3. The maximum atomic E-state index is 10.8. The third-order valence-corrected chi connectivity index (χ3v) is 4.31. The van der Waals surface area contributed by atoms with E-state index < -0.39 is 22.6 Å². The van der Waals surface area contributed by atoms with Gasteiger partial charge in [-0.2, -0.15) is 8.42 Å². The number of phenolic OH excluding ortho intramolecular Hbond substituents is 2. The standard InChI is InChI=1S/C16H16O9S.H3N/c1-23-14-3-2-8(4-12(14)18)16-13(19)7-10-11(17)5-9(6-15(10)24-16)25-26(20,21)22;/h2-6,13,16-19H,7H2,1H3,(H,20,21,22);1H3/t13-,16-;/m1./s1. The van der Waals surface area contributed by atoms with Gasteiger partial charge in [0.05, 0.1) is 13.2 Å². The monoisotopic (exact) mass is 401 g/mol. The molecule has 3 rings (SSSR count). The maximum Gasteiger partial charge on any atom is 0.446 e. The van der Waals surface area contributed by atoms with E-state index in [1.807, 2.05) is 0 Å². The Bertz CT molecular complexity index is 945. The van der Waals surface area contributed by atoms with Crippen LogP contribution in [-0.2, 0) is 16.8 Å². The minimum atomic E-state index is -4.77. The zero-order chi connectivity index (χ0) is 19.1. The smallest absolute Gasteiger partial charge is 0.446 e. The van der Waals surface area contributed by atoms with E-state index >= 15 is 0 Å². The van der Waals surface area contributed by atoms with Crippen molar-refractivity contribution >= 4 is 10.4 Å². The molecule has 0 amide bonds. The number of aliphatic hydroxyl groups excluding tert-OH is 1. The summed E-state index contributed by atoms with van der Waals surface area (Å²) < 4.78 is 45.4. The van der Waals surface area contributed by atoms with Gasteiger partial charge in [0, 0.05) is 24.1 Å². The Labute approximate surface area is 155 Å². The minimum absolute atomic E-state index is 0. The lowest BCUT2D eigenvalue weighted by molar-refractivity contribution is 0.0197. The molecule has 27 heavy (non-hydrogen) atoms. The molecule has 1 aliphatic heterocycles. The average molecular weight is 401 g/mol. The summed E-state index contributed by atoms with van der Waals surface area (Å²) in [6.45, 7) is 0. The normalized spacial score (nSPS) is 18.6. The van der Waals surface area contributed by atoms with E-state index in [4.69, 9.17) is 14.0 Å².